The average molecular weight is 258 g/mol. The van der Waals surface area contributed by atoms with Crippen LogP contribution in [0.15, 0.2) is 36.7 Å². The van der Waals surface area contributed by atoms with Crippen LogP contribution in [0.3, 0.4) is 0 Å². The number of aromatic amines is 1. The van der Waals surface area contributed by atoms with Gasteiger partial charge in [0.05, 0.1) is 6.04 Å². The normalized spacial score (nSPS) is 14.2. The summed E-state index contributed by atoms with van der Waals surface area (Å²) in [6.45, 7) is 4.34. The first-order valence-corrected chi connectivity index (χ1v) is 6.97. The van der Waals surface area contributed by atoms with Crippen molar-refractivity contribution in [2.45, 2.75) is 45.2 Å². The highest BCUT2D eigenvalue weighted by molar-refractivity contribution is 5.19. The lowest BCUT2D eigenvalue weighted by Crippen LogP contribution is -2.25. The number of hydrogen-bond acceptors (Lipinski definition) is 3. The van der Waals surface area contributed by atoms with Crippen LogP contribution in [0.1, 0.15) is 56.6 Å². The van der Waals surface area contributed by atoms with Crippen molar-refractivity contribution >= 4 is 0 Å². The third-order valence-electron chi connectivity index (χ3n) is 3.34. The third-order valence-corrected chi connectivity index (χ3v) is 3.34. The summed E-state index contributed by atoms with van der Waals surface area (Å²) in [5, 5.41) is 10.5. The lowest BCUT2D eigenvalue weighted by Gasteiger charge is -2.22. The first-order chi connectivity index (χ1) is 9.31. The van der Waals surface area contributed by atoms with E-state index in [1.807, 2.05) is 0 Å². The number of hydrogen-bond donors (Lipinski definition) is 2. The molecule has 0 spiro atoms. The summed E-state index contributed by atoms with van der Waals surface area (Å²) >= 11 is 0. The second-order valence-corrected chi connectivity index (χ2v) is 4.86. The highest BCUT2D eigenvalue weighted by Crippen LogP contribution is 2.22. The van der Waals surface area contributed by atoms with E-state index in [2.05, 4.69) is 64.7 Å². The second kappa shape index (κ2) is 7.04. The zero-order chi connectivity index (χ0) is 13.5. The van der Waals surface area contributed by atoms with Gasteiger partial charge in [0, 0.05) is 6.04 Å². The molecule has 0 bridgehead atoms. The Morgan fingerprint density at radius 1 is 1.26 bits per heavy atom. The van der Waals surface area contributed by atoms with Crippen LogP contribution in [0.5, 0.6) is 0 Å². The largest absolute Gasteiger partial charge is 0.301 e. The third kappa shape index (κ3) is 3.89. The Hall–Kier alpha value is -1.68. The summed E-state index contributed by atoms with van der Waals surface area (Å²) < 4.78 is 0. The molecule has 2 unspecified atom stereocenters. The van der Waals surface area contributed by atoms with Crippen molar-refractivity contribution in [3.05, 3.63) is 48.0 Å². The van der Waals surface area contributed by atoms with Crippen LogP contribution in [-0.4, -0.2) is 15.2 Å². The van der Waals surface area contributed by atoms with Crippen LogP contribution in [0.25, 0.3) is 0 Å². The van der Waals surface area contributed by atoms with Gasteiger partial charge in [0.1, 0.15) is 12.2 Å². The van der Waals surface area contributed by atoms with Crippen molar-refractivity contribution < 1.29 is 0 Å². The lowest BCUT2D eigenvalue weighted by molar-refractivity contribution is 0.421. The summed E-state index contributed by atoms with van der Waals surface area (Å²) in [4.78, 5) is 4.21. The molecular formula is C15H22N4. The molecule has 2 aromatic rings. The Balaban J connectivity index is 2.05. The number of H-pyrrole nitrogens is 1. The van der Waals surface area contributed by atoms with E-state index in [4.69, 9.17) is 0 Å². The number of nitrogens with one attached hydrogen (secondary N) is 2. The van der Waals surface area contributed by atoms with Gasteiger partial charge < -0.3 is 5.32 Å². The zero-order valence-corrected chi connectivity index (χ0v) is 11.6. The van der Waals surface area contributed by atoms with Crippen molar-refractivity contribution in [3.8, 4) is 0 Å². The topological polar surface area (TPSA) is 53.6 Å². The van der Waals surface area contributed by atoms with Crippen molar-refractivity contribution in [1.29, 1.82) is 0 Å². The van der Waals surface area contributed by atoms with Crippen LogP contribution in [0.4, 0.5) is 0 Å². The van der Waals surface area contributed by atoms with E-state index < -0.39 is 0 Å². The molecule has 2 rings (SSSR count). The standard InChI is InChI=1S/C15H22N4/c1-3-4-10-14(13-8-6-5-7-9-13)18-12(2)15-16-11-17-19-15/h5-9,11-12,14,18H,3-4,10H2,1-2H3,(H,16,17,19). The van der Waals surface area contributed by atoms with E-state index in [1.54, 1.807) is 6.33 Å². The van der Waals surface area contributed by atoms with E-state index in [1.165, 1.54) is 18.4 Å². The number of nitrogens with zero attached hydrogens (tertiary/aromatic N) is 2. The molecule has 1 aromatic carbocycles. The molecule has 2 N–H and O–H groups in total. The molecule has 0 aliphatic carbocycles. The maximum atomic E-state index is 4.21. The van der Waals surface area contributed by atoms with E-state index in [0.717, 1.165) is 12.2 Å². The summed E-state index contributed by atoms with van der Waals surface area (Å²) in [7, 11) is 0. The zero-order valence-electron chi connectivity index (χ0n) is 11.6. The van der Waals surface area contributed by atoms with Crippen molar-refractivity contribution in [2.75, 3.05) is 0 Å². The van der Waals surface area contributed by atoms with E-state index in [9.17, 15) is 0 Å². The van der Waals surface area contributed by atoms with Gasteiger partial charge in [-0.05, 0) is 18.9 Å². The molecule has 19 heavy (non-hydrogen) atoms. The molecule has 0 fully saturated rings. The minimum atomic E-state index is 0.171. The van der Waals surface area contributed by atoms with Gasteiger partial charge in [-0.3, -0.25) is 5.10 Å². The number of aromatic nitrogens is 3. The van der Waals surface area contributed by atoms with E-state index >= 15 is 0 Å². The first-order valence-electron chi connectivity index (χ1n) is 6.97. The minimum absolute atomic E-state index is 0.171. The van der Waals surface area contributed by atoms with Gasteiger partial charge in [0.2, 0.25) is 0 Å². The predicted octanol–water partition coefficient (Wildman–Crippen LogP) is 3.39. The quantitative estimate of drug-likeness (QED) is 0.800. The maximum Gasteiger partial charge on any atom is 0.141 e. The van der Waals surface area contributed by atoms with Crippen molar-refractivity contribution in [1.82, 2.24) is 20.5 Å². The smallest absolute Gasteiger partial charge is 0.141 e. The first kappa shape index (κ1) is 13.7. The molecule has 102 valence electrons. The lowest BCUT2D eigenvalue weighted by atomic mass is 10.0. The van der Waals surface area contributed by atoms with Gasteiger partial charge in [-0.1, -0.05) is 50.1 Å². The predicted molar refractivity (Wildman–Crippen MR) is 76.6 cm³/mol. The highest BCUT2D eigenvalue weighted by Gasteiger charge is 2.16. The molecule has 1 heterocycles. The molecule has 4 nitrogen and oxygen atoms in total. The van der Waals surface area contributed by atoms with Crippen LogP contribution in [-0.2, 0) is 0 Å². The van der Waals surface area contributed by atoms with Gasteiger partial charge in [-0.15, -0.1) is 0 Å². The molecule has 0 radical (unpaired) electrons. The molecule has 0 amide bonds. The highest BCUT2D eigenvalue weighted by atomic mass is 15.2. The van der Waals surface area contributed by atoms with Gasteiger partial charge in [0.25, 0.3) is 0 Å². The molecule has 0 saturated carbocycles. The van der Waals surface area contributed by atoms with E-state index in [-0.39, 0.29) is 6.04 Å². The fourth-order valence-electron chi connectivity index (χ4n) is 2.24. The summed E-state index contributed by atoms with van der Waals surface area (Å²) in [6, 6.07) is 11.1. The van der Waals surface area contributed by atoms with E-state index in [0.29, 0.717) is 6.04 Å². The van der Waals surface area contributed by atoms with Gasteiger partial charge in [0.15, 0.2) is 0 Å². The average Bonchev–Trinajstić information content (AvgIpc) is 2.98. The molecular weight excluding hydrogens is 236 g/mol. The second-order valence-electron chi connectivity index (χ2n) is 4.86. The fraction of sp³-hybridized carbons (Fsp3) is 0.467. The van der Waals surface area contributed by atoms with Crippen LogP contribution in [0, 0.1) is 0 Å². The van der Waals surface area contributed by atoms with Crippen LogP contribution >= 0.6 is 0 Å². The molecule has 2 atom stereocenters. The number of rotatable bonds is 7. The Morgan fingerprint density at radius 2 is 2.05 bits per heavy atom. The Bertz CT molecular complexity index is 452. The minimum Gasteiger partial charge on any atom is -0.301 e. The van der Waals surface area contributed by atoms with Gasteiger partial charge in [-0.25, -0.2) is 4.98 Å². The van der Waals surface area contributed by atoms with Crippen LogP contribution < -0.4 is 5.32 Å². The Kier molecular flexibility index (Phi) is 5.10. The maximum absolute atomic E-state index is 4.21. The fourth-order valence-corrected chi connectivity index (χ4v) is 2.24. The summed E-state index contributed by atoms with van der Waals surface area (Å²) in [5.41, 5.74) is 1.34. The summed E-state index contributed by atoms with van der Waals surface area (Å²) in [6.07, 6.45) is 5.12. The SMILES string of the molecule is CCCCC(NC(C)c1ncn[nH]1)c1ccccc1. The Labute approximate surface area is 114 Å². The Morgan fingerprint density at radius 3 is 2.68 bits per heavy atom. The molecule has 0 aliphatic rings. The van der Waals surface area contributed by atoms with Gasteiger partial charge in [-0.2, -0.15) is 5.10 Å². The van der Waals surface area contributed by atoms with Crippen molar-refractivity contribution in [2.24, 2.45) is 0 Å². The molecule has 1 aromatic heterocycles. The van der Waals surface area contributed by atoms with Crippen molar-refractivity contribution in [3.63, 3.8) is 0 Å². The number of unbranched alkanes of at least 4 members (excludes halogenated alkanes) is 1. The monoisotopic (exact) mass is 258 g/mol. The molecule has 0 aliphatic heterocycles. The molecule has 0 saturated heterocycles. The van der Waals surface area contributed by atoms with Crippen LogP contribution in [0.2, 0.25) is 0 Å². The van der Waals surface area contributed by atoms with Gasteiger partial charge >= 0.3 is 0 Å². The summed E-state index contributed by atoms with van der Waals surface area (Å²) in [5.74, 6) is 0.887. The molecule has 4 heteroatoms. The number of benzene rings is 1.